The van der Waals surface area contributed by atoms with Crippen LogP contribution in [0, 0.1) is 0 Å². The number of guanidine groups is 1. The highest BCUT2D eigenvalue weighted by Gasteiger charge is 2.20. The van der Waals surface area contributed by atoms with Crippen LogP contribution in [0.25, 0.3) is 0 Å². The second-order valence-electron chi connectivity index (χ2n) is 6.65. The SMILES string of the molecule is CCCCN(C)CCN=C(NCC)N1CCN(Cc2ccon2)CC1. The van der Waals surface area contributed by atoms with Gasteiger partial charge in [0, 0.05) is 51.9 Å². The third kappa shape index (κ3) is 7.04. The lowest BCUT2D eigenvalue weighted by molar-refractivity contribution is 0.169. The van der Waals surface area contributed by atoms with Crippen molar-refractivity contribution in [2.24, 2.45) is 4.99 Å². The average molecular weight is 351 g/mol. The van der Waals surface area contributed by atoms with Crippen molar-refractivity contribution in [3.8, 4) is 0 Å². The molecule has 1 aromatic rings. The Bertz CT molecular complexity index is 482. The normalized spacial score (nSPS) is 16.6. The molecule has 1 aliphatic heterocycles. The standard InChI is InChI=1S/C18H34N6O/c1-4-6-9-22(3)10-8-20-18(19-5-2)24-13-11-23(12-14-24)16-17-7-15-25-21-17/h7,15H,4-6,8-14,16H2,1-3H3,(H,19,20). The van der Waals surface area contributed by atoms with Gasteiger partial charge in [-0.05, 0) is 26.9 Å². The Morgan fingerprint density at radius 1 is 1.28 bits per heavy atom. The minimum Gasteiger partial charge on any atom is -0.364 e. The van der Waals surface area contributed by atoms with E-state index in [9.17, 15) is 0 Å². The second kappa shape index (κ2) is 11.1. The van der Waals surface area contributed by atoms with Crippen LogP contribution in [0.2, 0.25) is 0 Å². The molecular weight excluding hydrogens is 316 g/mol. The summed E-state index contributed by atoms with van der Waals surface area (Å²) >= 11 is 0. The number of aromatic nitrogens is 1. The van der Waals surface area contributed by atoms with Gasteiger partial charge in [-0.2, -0.15) is 0 Å². The Hall–Kier alpha value is -1.60. The molecule has 0 aromatic carbocycles. The van der Waals surface area contributed by atoms with Gasteiger partial charge in [-0.1, -0.05) is 18.5 Å². The fourth-order valence-corrected chi connectivity index (χ4v) is 2.96. The summed E-state index contributed by atoms with van der Waals surface area (Å²) in [6, 6.07) is 1.94. The monoisotopic (exact) mass is 350 g/mol. The Morgan fingerprint density at radius 2 is 2.08 bits per heavy atom. The van der Waals surface area contributed by atoms with Crippen LogP contribution in [0.3, 0.4) is 0 Å². The van der Waals surface area contributed by atoms with Gasteiger partial charge in [0.1, 0.15) is 6.26 Å². The molecular formula is C18H34N6O. The summed E-state index contributed by atoms with van der Waals surface area (Å²) in [5.74, 6) is 1.05. The zero-order valence-corrected chi connectivity index (χ0v) is 16.1. The Morgan fingerprint density at radius 3 is 2.72 bits per heavy atom. The lowest BCUT2D eigenvalue weighted by Gasteiger charge is -2.36. The minimum absolute atomic E-state index is 0.849. The molecule has 7 heteroatoms. The highest BCUT2D eigenvalue weighted by Crippen LogP contribution is 2.07. The first-order valence-corrected chi connectivity index (χ1v) is 9.56. The minimum atomic E-state index is 0.849. The maximum atomic E-state index is 4.92. The molecule has 0 radical (unpaired) electrons. The summed E-state index contributed by atoms with van der Waals surface area (Å²) in [6.07, 6.45) is 4.14. The summed E-state index contributed by atoms with van der Waals surface area (Å²) in [4.78, 5) is 12.0. The fraction of sp³-hybridized carbons (Fsp3) is 0.778. The highest BCUT2D eigenvalue weighted by atomic mass is 16.5. The van der Waals surface area contributed by atoms with E-state index in [2.05, 4.69) is 46.1 Å². The summed E-state index contributed by atoms with van der Waals surface area (Å²) in [6.45, 7) is 13.2. The molecule has 2 heterocycles. The Balaban J connectivity index is 1.76. The van der Waals surface area contributed by atoms with E-state index in [1.54, 1.807) is 6.26 Å². The van der Waals surface area contributed by atoms with Crippen molar-refractivity contribution in [3.63, 3.8) is 0 Å². The molecule has 7 nitrogen and oxygen atoms in total. The van der Waals surface area contributed by atoms with Crippen molar-refractivity contribution >= 4 is 5.96 Å². The molecule has 2 rings (SSSR count). The third-order valence-electron chi connectivity index (χ3n) is 4.52. The molecule has 0 atom stereocenters. The van der Waals surface area contributed by atoms with Crippen LogP contribution in [0.5, 0.6) is 0 Å². The fourth-order valence-electron chi connectivity index (χ4n) is 2.96. The molecule has 0 spiro atoms. The highest BCUT2D eigenvalue weighted by molar-refractivity contribution is 5.80. The first-order chi connectivity index (χ1) is 12.2. The van der Waals surface area contributed by atoms with Gasteiger partial charge in [0.05, 0.1) is 12.2 Å². The number of hydrogen-bond donors (Lipinski definition) is 1. The van der Waals surface area contributed by atoms with Crippen molar-refractivity contribution in [1.29, 1.82) is 0 Å². The van der Waals surface area contributed by atoms with E-state index in [1.807, 2.05) is 6.07 Å². The van der Waals surface area contributed by atoms with E-state index >= 15 is 0 Å². The van der Waals surface area contributed by atoms with Gasteiger partial charge in [-0.25, -0.2) is 0 Å². The molecule has 1 fully saturated rings. The van der Waals surface area contributed by atoms with Crippen LogP contribution < -0.4 is 5.32 Å². The van der Waals surface area contributed by atoms with Gasteiger partial charge >= 0.3 is 0 Å². The van der Waals surface area contributed by atoms with Crippen LogP contribution in [0.1, 0.15) is 32.4 Å². The smallest absolute Gasteiger partial charge is 0.194 e. The van der Waals surface area contributed by atoms with Crippen LogP contribution >= 0.6 is 0 Å². The second-order valence-corrected chi connectivity index (χ2v) is 6.65. The number of nitrogens with zero attached hydrogens (tertiary/aromatic N) is 5. The number of aliphatic imine (C=N–C) groups is 1. The number of unbranched alkanes of at least 4 members (excludes halogenated alkanes) is 1. The Labute approximate surface area is 152 Å². The van der Waals surface area contributed by atoms with Crippen molar-refractivity contribution in [2.75, 3.05) is 59.4 Å². The molecule has 1 aromatic heterocycles. The maximum Gasteiger partial charge on any atom is 0.194 e. The van der Waals surface area contributed by atoms with Crippen molar-refractivity contribution in [1.82, 2.24) is 25.2 Å². The predicted molar refractivity (Wildman–Crippen MR) is 102 cm³/mol. The van der Waals surface area contributed by atoms with Crippen molar-refractivity contribution < 1.29 is 4.52 Å². The molecule has 0 bridgehead atoms. The molecule has 0 amide bonds. The molecule has 0 unspecified atom stereocenters. The summed E-state index contributed by atoms with van der Waals surface area (Å²) in [7, 11) is 2.18. The summed E-state index contributed by atoms with van der Waals surface area (Å²) in [5.41, 5.74) is 1.00. The van der Waals surface area contributed by atoms with Crippen LogP contribution in [-0.2, 0) is 6.54 Å². The van der Waals surface area contributed by atoms with Gasteiger partial charge in [-0.3, -0.25) is 9.89 Å². The number of likely N-dealkylation sites (N-methyl/N-ethyl adjacent to an activating group) is 1. The van der Waals surface area contributed by atoms with Crippen molar-refractivity contribution in [2.45, 2.75) is 33.2 Å². The lowest BCUT2D eigenvalue weighted by atomic mass is 10.3. The molecule has 142 valence electrons. The van der Waals surface area contributed by atoms with E-state index in [0.29, 0.717) is 0 Å². The number of hydrogen-bond acceptors (Lipinski definition) is 5. The molecule has 1 saturated heterocycles. The first-order valence-electron chi connectivity index (χ1n) is 9.56. The van der Waals surface area contributed by atoms with E-state index < -0.39 is 0 Å². The van der Waals surface area contributed by atoms with E-state index in [-0.39, 0.29) is 0 Å². The quantitative estimate of drug-likeness (QED) is 0.538. The molecule has 1 N–H and O–H groups in total. The molecule has 0 saturated carbocycles. The topological polar surface area (TPSA) is 60.1 Å². The zero-order chi connectivity index (χ0) is 17.9. The van der Waals surface area contributed by atoms with E-state index in [4.69, 9.17) is 9.52 Å². The van der Waals surface area contributed by atoms with Crippen LogP contribution in [-0.4, -0.2) is 85.2 Å². The van der Waals surface area contributed by atoms with Crippen LogP contribution in [0.4, 0.5) is 0 Å². The molecule has 0 aliphatic carbocycles. The predicted octanol–water partition coefficient (Wildman–Crippen LogP) is 1.49. The largest absolute Gasteiger partial charge is 0.364 e. The lowest BCUT2D eigenvalue weighted by Crippen LogP contribution is -2.52. The van der Waals surface area contributed by atoms with Crippen LogP contribution in [0.15, 0.2) is 21.8 Å². The Kier molecular flexibility index (Phi) is 8.76. The molecule has 25 heavy (non-hydrogen) atoms. The van der Waals surface area contributed by atoms with Gasteiger partial charge in [0.25, 0.3) is 0 Å². The van der Waals surface area contributed by atoms with E-state index in [0.717, 1.165) is 70.6 Å². The maximum absolute atomic E-state index is 4.92. The summed E-state index contributed by atoms with van der Waals surface area (Å²) in [5, 5.41) is 7.44. The van der Waals surface area contributed by atoms with E-state index in [1.165, 1.54) is 12.8 Å². The number of piperazine rings is 1. The third-order valence-corrected chi connectivity index (χ3v) is 4.52. The molecule has 1 aliphatic rings. The first kappa shape index (κ1) is 19.7. The van der Waals surface area contributed by atoms with Gasteiger partial charge < -0.3 is 19.6 Å². The average Bonchev–Trinajstić information content (AvgIpc) is 3.13. The van der Waals surface area contributed by atoms with Crippen molar-refractivity contribution in [3.05, 3.63) is 18.0 Å². The number of nitrogens with one attached hydrogen (secondary N) is 1. The zero-order valence-electron chi connectivity index (χ0n) is 16.1. The summed E-state index contributed by atoms with van der Waals surface area (Å²) < 4.78 is 4.92. The van der Waals surface area contributed by atoms with Gasteiger partial charge in [-0.15, -0.1) is 0 Å². The van der Waals surface area contributed by atoms with Gasteiger partial charge in [0.2, 0.25) is 0 Å². The van der Waals surface area contributed by atoms with Gasteiger partial charge in [0.15, 0.2) is 5.96 Å². The number of rotatable bonds is 9.